The Hall–Kier alpha value is -2.50. The van der Waals surface area contributed by atoms with Crippen molar-refractivity contribution in [1.82, 2.24) is 9.88 Å². The fourth-order valence-electron chi connectivity index (χ4n) is 2.52. The molecular weight excluding hydrogens is 296 g/mol. The number of carbonyl (C=O) groups excluding carboxylic acids is 1. The number of amides is 1. The molecule has 6 nitrogen and oxygen atoms in total. The summed E-state index contributed by atoms with van der Waals surface area (Å²) in [5.74, 6) is 2.11. The molecule has 1 aromatic carbocycles. The maximum Gasteiger partial charge on any atom is 0.291 e. The quantitative estimate of drug-likeness (QED) is 0.867. The third-order valence-corrected chi connectivity index (χ3v) is 3.73. The van der Waals surface area contributed by atoms with Crippen LogP contribution in [0.3, 0.4) is 0 Å². The normalized spacial score (nSPS) is 16.2. The van der Waals surface area contributed by atoms with Gasteiger partial charge in [-0.3, -0.25) is 4.79 Å². The number of likely N-dealkylation sites (N-methyl/N-ethyl adjacent to an activating group) is 1. The summed E-state index contributed by atoms with van der Waals surface area (Å²) in [5.41, 5.74) is 0.616. The average Bonchev–Trinajstić information content (AvgIpc) is 2.95. The third kappa shape index (κ3) is 3.16. The standard InChI is InChI=1S/C17H20N2O4/c1-4-15-18-11(2)16(23-15)17(20)19(3)9-12-10-21-13-7-5-6-8-14(13)22-12/h5-8,12H,4,9-10H2,1-3H3/t12-/m0/s1. The van der Waals surface area contributed by atoms with Crippen LogP contribution in [0, 0.1) is 6.92 Å². The number of carbonyl (C=O) groups is 1. The number of nitrogens with zero attached hydrogens (tertiary/aromatic N) is 2. The van der Waals surface area contributed by atoms with Crippen molar-refractivity contribution in [2.45, 2.75) is 26.4 Å². The largest absolute Gasteiger partial charge is 0.486 e. The molecule has 1 aromatic heterocycles. The van der Waals surface area contributed by atoms with Gasteiger partial charge in [0.25, 0.3) is 5.91 Å². The highest BCUT2D eigenvalue weighted by Crippen LogP contribution is 2.31. The van der Waals surface area contributed by atoms with Gasteiger partial charge < -0.3 is 18.8 Å². The SMILES string of the molecule is CCc1nc(C)c(C(=O)N(C)C[C@H]2COc3ccccc3O2)o1. The Labute approximate surface area is 135 Å². The monoisotopic (exact) mass is 316 g/mol. The van der Waals surface area contributed by atoms with E-state index in [1.807, 2.05) is 31.2 Å². The molecule has 0 unspecified atom stereocenters. The lowest BCUT2D eigenvalue weighted by Gasteiger charge is -2.29. The molecule has 0 aliphatic carbocycles. The highest BCUT2D eigenvalue weighted by molar-refractivity contribution is 5.92. The zero-order valence-electron chi connectivity index (χ0n) is 13.5. The highest BCUT2D eigenvalue weighted by atomic mass is 16.6. The second-order valence-electron chi connectivity index (χ2n) is 5.56. The molecule has 1 amide bonds. The van der Waals surface area contributed by atoms with Crippen LogP contribution in [0.15, 0.2) is 28.7 Å². The number of benzene rings is 1. The first kappa shape index (κ1) is 15.4. The van der Waals surface area contributed by atoms with Gasteiger partial charge in [0.15, 0.2) is 23.5 Å². The van der Waals surface area contributed by atoms with Crippen molar-refractivity contribution in [3.8, 4) is 11.5 Å². The summed E-state index contributed by atoms with van der Waals surface area (Å²) >= 11 is 0. The van der Waals surface area contributed by atoms with Crippen LogP contribution in [0.2, 0.25) is 0 Å². The summed E-state index contributed by atoms with van der Waals surface area (Å²) in [6, 6.07) is 7.52. The number of para-hydroxylation sites is 2. The van der Waals surface area contributed by atoms with Gasteiger partial charge in [0.05, 0.1) is 12.2 Å². The first-order valence-corrected chi connectivity index (χ1v) is 7.68. The van der Waals surface area contributed by atoms with Crippen LogP contribution in [0.25, 0.3) is 0 Å². The molecule has 1 aliphatic heterocycles. The number of ether oxygens (including phenoxy) is 2. The van der Waals surface area contributed by atoms with Gasteiger partial charge in [-0.2, -0.15) is 0 Å². The van der Waals surface area contributed by atoms with E-state index in [0.717, 1.165) is 5.75 Å². The Balaban J connectivity index is 1.66. The number of aromatic nitrogens is 1. The van der Waals surface area contributed by atoms with E-state index in [0.29, 0.717) is 42.7 Å². The molecule has 0 saturated carbocycles. The Bertz CT molecular complexity index is 710. The Morgan fingerprint density at radius 1 is 1.35 bits per heavy atom. The smallest absolute Gasteiger partial charge is 0.291 e. The Kier molecular flexibility index (Phi) is 4.23. The zero-order valence-corrected chi connectivity index (χ0v) is 13.5. The van der Waals surface area contributed by atoms with Gasteiger partial charge in [0.1, 0.15) is 6.61 Å². The fourth-order valence-corrected chi connectivity index (χ4v) is 2.52. The van der Waals surface area contributed by atoms with Crippen LogP contribution in [-0.2, 0) is 6.42 Å². The third-order valence-electron chi connectivity index (χ3n) is 3.73. The van der Waals surface area contributed by atoms with E-state index in [1.54, 1.807) is 18.9 Å². The molecule has 0 fully saturated rings. The first-order chi connectivity index (χ1) is 11.1. The zero-order chi connectivity index (χ0) is 16.4. The van der Waals surface area contributed by atoms with E-state index in [1.165, 1.54) is 0 Å². The molecule has 0 N–H and O–H groups in total. The molecule has 6 heteroatoms. The second-order valence-corrected chi connectivity index (χ2v) is 5.56. The first-order valence-electron chi connectivity index (χ1n) is 7.68. The maximum atomic E-state index is 12.5. The van der Waals surface area contributed by atoms with E-state index >= 15 is 0 Å². The minimum atomic E-state index is -0.215. The topological polar surface area (TPSA) is 64.8 Å². The van der Waals surface area contributed by atoms with Crippen molar-refractivity contribution in [2.75, 3.05) is 20.2 Å². The molecule has 2 aromatic rings. The van der Waals surface area contributed by atoms with Crippen LogP contribution < -0.4 is 9.47 Å². The molecule has 2 heterocycles. The van der Waals surface area contributed by atoms with Crippen molar-refractivity contribution in [2.24, 2.45) is 0 Å². The van der Waals surface area contributed by atoms with E-state index in [9.17, 15) is 4.79 Å². The van der Waals surface area contributed by atoms with Gasteiger partial charge >= 0.3 is 0 Å². The fraction of sp³-hybridized carbons (Fsp3) is 0.412. The lowest BCUT2D eigenvalue weighted by Crippen LogP contribution is -2.41. The second kappa shape index (κ2) is 6.32. The van der Waals surface area contributed by atoms with Crippen molar-refractivity contribution < 1.29 is 18.7 Å². The molecule has 1 aliphatic rings. The number of oxazole rings is 1. The summed E-state index contributed by atoms with van der Waals surface area (Å²) in [6.07, 6.45) is 0.446. The minimum Gasteiger partial charge on any atom is -0.486 e. The predicted molar refractivity (Wildman–Crippen MR) is 83.9 cm³/mol. The average molecular weight is 316 g/mol. The summed E-state index contributed by atoms with van der Waals surface area (Å²) in [6.45, 7) is 4.53. The van der Waals surface area contributed by atoms with Crippen LogP contribution in [0.4, 0.5) is 0 Å². The summed E-state index contributed by atoms with van der Waals surface area (Å²) in [4.78, 5) is 18.3. The van der Waals surface area contributed by atoms with E-state index < -0.39 is 0 Å². The maximum absolute atomic E-state index is 12.5. The molecule has 0 bridgehead atoms. The number of hydrogen-bond donors (Lipinski definition) is 0. The summed E-state index contributed by atoms with van der Waals surface area (Å²) in [5, 5.41) is 0. The summed E-state index contributed by atoms with van der Waals surface area (Å²) in [7, 11) is 1.72. The number of rotatable bonds is 4. The molecule has 3 rings (SSSR count). The van der Waals surface area contributed by atoms with Crippen LogP contribution in [-0.4, -0.2) is 42.1 Å². The molecule has 23 heavy (non-hydrogen) atoms. The van der Waals surface area contributed by atoms with Crippen molar-refractivity contribution in [3.63, 3.8) is 0 Å². The van der Waals surface area contributed by atoms with E-state index in [2.05, 4.69) is 4.98 Å². The van der Waals surface area contributed by atoms with Crippen LogP contribution in [0.1, 0.15) is 29.1 Å². The Morgan fingerprint density at radius 3 is 2.78 bits per heavy atom. The molecule has 1 atom stereocenters. The van der Waals surface area contributed by atoms with Crippen molar-refractivity contribution in [3.05, 3.63) is 41.6 Å². The van der Waals surface area contributed by atoms with Crippen LogP contribution >= 0.6 is 0 Å². The van der Waals surface area contributed by atoms with Crippen molar-refractivity contribution >= 4 is 5.91 Å². The van der Waals surface area contributed by atoms with E-state index in [-0.39, 0.29) is 12.0 Å². The van der Waals surface area contributed by atoms with Gasteiger partial charge in [-0.15, -0.1) is 0 Å². The molecule has 0 saturated heterocycles. The Morgan fingerprint density at radius 2 is 2.09 bits per heavy atom. The highest BCUT2D eigenvalue weighted by Gasteiger charge is 2.26. The molecule has 0 spiro atoms. The van der Waals surface area contributed by atoms with Gasteiger partial charge in [-0.05, 0) is 19.1 Å². The molecular formula is C17H20N2O4. The number of aryl methyl sites for hydroxylation is 2. The lowest BCUT2D eigenvalue weighted by atomic mass is 10.2. The van der Waals surface area contributed by atoms with Gasteiger partial charge in [0, 0.05) is 13.5 Å². The molecule has 122 valence electrons. The van der Waals surface area contributed by atoms with Gasteiger partial charge in [-0.25, -0.2) is 4.98 Å². The summed E-state index contributed by atoms with van der Waals surface area (Å²) < 4.78 is 17.1. The lowest BCUT2D eigenvalue weighted by molar-refractivity contribution is 0.0500. The minimum absolute atomic E-state index is 0.197. The van der Waals surface area contributed by atoms with Gasteiger partial charge in [0.2, 0.25) is 5.76 Å². The van der Waals surface area contributed by atoms with Gasteiger partial charge in [-0.1, -0.05) is 19.1 Å². The van der Waals surface area contributed by atoms with Crippen LogP contribution in [0.5, 0.6) is 11.5 Å². The number of fused-ring (bicyclic) bond motifs is 1. The number of hydrogen-bond acceptors (Lipinski definition) is 5. The molecule has 0 radical (unpaired) electrons. The van der Waals surface area contributed by atoms with E-state index in [4.69, 9.17) is 13.9 Å². The van der Waals surface area contributed by atoms with Crippen molar-refractivity contribution in [1.29, 1.82) is 0 Å². The predicted octanol–water partition coefficient (Wildman–Crippen LogP) is 2.46.